The minimum atomic E-state index is 0.388. The molecule has 0 unspecified atom stereocenters. The van der Waals surface area contributed by atoms with E-state index in [1.807, 2.05) is 41.8 Å². The second-order valence-corrected chi connectivity index (χ2v) is 10.5. The molecule has 3 aromatic heterocycles. The first-order valence-electron chi connectivity index (χ1n) is 12.4. The second-order valence-electron chi connectivity index (χ2n) is 8.87. The van der Waals surface area contributed by atoms with Crippen LogP contribution in [0.2, 0.25) is 0 Å². The highest BCUT2D eigenvalue weighted by Gasteiger charge is 2.18. The van der Waals surface area contributed by atoms with Crippen molar-refractivity contribution in [3.8, 4) is 62.2 Å². The van der Waals surface area contributed by atoms with Crippen LogP contribution < -0.4 is 19.5 Å². The number of thiazole rings is 1. The zero-order valence-electron chi connectivity index (χ0n) is 22.5. The molecule has 0 saturated heterocycles. The van der Waals surface area contributed by atoms with Crippen LogP contribution in [0.25, 0.3) is 44.9 Å². The fourth-order valence-corrected chi connectivity index (χ4v) is 5.44. The zero-order valence-corrected chi connectivity index (χ0v) is 24.2. The molecule has 0 saturated carbocycles. The van der Waals surface area contributed by atoms with Gasteiger partial charge in [-0.05, 0) is 43.3 Å². The third-order valence-electron chi connectivity index (χ3n) is 6.20. The standard InChI is InChI=1S/C29H24N6O4S2/c1-16-5-7-17(8-6-16)21-15-40-28(31-21)27-32-25(34-39-27)18-9-11-20(12-10-18)30-29-33-26(35-41-29)19-13-22(36-2)24(38-4)23(14-19)37-3/h5-15H,1-4H3,(H,30,33,35). The summed E-state index contributed by atoms with van der Waals surface area (Å²) in [5, 5.41) is 10.8. The van der Waals surface area contributed by atoms with Crippen LogP contribution in [-0.4, -0.2) is 45.8 Å². The Hall–Kier alpha value is -4.81. The van der Waals surface area contributed by atoms with Crippen LogP contribution in [0.3, 0.4) is 0 Å². The average Bonchev–Trinajstić information content (AvgIpc) is 3.78. The highest BCUT2D eigenvalue weighted by Crippen LogP contribution is 2.41. The molecule has 0 radical (unpaired) electrons. The molecule has 3 aromatic carbocycles. The van der Waals surface area contributed by atoms with Crippen LogP contribution in [-0.2, 0) is 0 Å². The molecule has 12 heteroatoms. The average molecular weight is 585 g/mol. The quantitative estimate of drug-likeness (QED) is 0.188. The smallest absolute Gasteiger partial charge is 0.287 e. The summed E-state index contributed by atoms with van der Waals surface area (Å²) in [5.41, 5.74) is 5.54. The third kappa shape index (κ3) is 5.47. The van der Waals surface area contributed by atoms with E-state index in [0.29, 0.717) is 44.9 Å². The molecule has 3 heterocycles. The lowest BCUT2D eigenvalue weighted by Crippen LogP contribution is -1.96. The highest BCUT2D eigenvalue weighted by molar-refractivity contribution is 7.13. The Bertz CT molecular complexity index is 1770. The molecule has 0 atom stereocenters. The maximum absolute atomic E-state index is 5.52. The summed E-state index contributed by atoms with van der Waals surface area (Å²) in [4.78, 5) is 13.9. The maximum Gasteiger partial charge on any atom is 0.287 e. The molecule has 6 aromatic rings. The molecule has 41 heavy (non-hydrogen) atoms. The lowest BCUT2D eigenvalue weighted by Gasteiger charge is -2.12. The fraction of sp³-hybridized carbons (Fsp3) is 0.138. The number of anilines is 2. The molecule has 0 spiro atoms. The van der Waals surface area contributed by atoms with Gasteiger partial charge < -0.3 is 24.1 Å². The van der Waals surface area contributed by atoms with Gasteiger partial charge in [0.25, 0.3) is 5.89 Å². The Balaban J connectivity index is 1.15. The third-order valence-corrected chi connectivity index (χ3v) is 7.66. The molecule has 0 bridgehead atoms. The van der Waals surface area contributed by atoms with Crippen molar-refractivity contribution in [1.29, 1.82) is 0 Å². The van der Waals surface area contributed by atoms with Gasteiger partial charge >= 0.3 is 0 Å². The predicted octanol–water partition coefficient (Wildman–Crippen LogP) is 7.12. The molecule has 0 aliphatic carbocycles. The summed E-state index contributed by atoms with van der Waals surface area (Å²) in [5.74, 6) is 3.00. The number of aryl methyl sites for hydroxylation is 1. The van der Waals surface area contributed by atoms with Crippen molar-refractivity contribution < 1.29 is 18.7 Å². The Morgan fingerprint density at radius 2 is 1.46 bits per heavy atom. The van der Waals surface area contributed by atoms with Crippen LogP contribution in [0.5, 0.6) is 17.2 Å². The summed E-state index contributed by atoms with van der Waals surface area (Å²) in [6, 6.07) is 19.5. The number of nitrogens with zero attached hydrogens (tertiary/aromatic N) is 5. The molecule has 0 fully saturated rings. The lowest BCUT2D eigenvalue weighted by molar-refractivity contribution is 0.324. The molecular weight excluding hydrogens is 560 g/mol. The minimum Gasteiger partial charge on any atom is -0.493 e. The first kappa shape index (κ1) is 26.4. The summed E-state index contributed by atoms with van der Waals surface area (Å²) in [7, 11) is 4.71. The van der Waals surface area contributed by atoms with Crippen LogP contribution in [0.15, 0.2) is 70.6 Å². The number of nitrogens with one attached hydrogen (secondary N) is 1. The molecule has 1 N–H and O–H groups in total. The van der Waals surface area contributed by atoms with Crippen molar-refractivity contribution in [2.45, 2.75) is 6.92 Å². The number of hydrogen-bond donors (Lipinski definition) is 1. The van der Waals surface area contributed by atoms with E-state index >= 15 is 0 Å². The van der Waals surface area contributed by atoms with Crippen molar-refractivity contribution >= 4 is 33.7 Å². The van der Waals surface area contributed by atoms with Gasteiger partial charge in [0.05, 0.1) is 27.0 Å². The molecular formula is C29H24N6O4S2. The van der Waals surface area contributed by atoms with Gasteiger partial charge in [0.1, 0.15) is 0 Å². The molecule has 6 rings (SSSR count). The molecule has 206 valence electrons. The molecule has 10 nitrogen and oxygen atoms in total. The van der Waals surface area contributed by atoms with E-state index in [9.17, 15) is 0 Å². The van der Waals surface area contributed by atoms with Gasteiger partial charge in [0.15, 0.2) is 22.3 Å². The van der Waals surface area contributed by atoms with Crippen LogP contribution >= 0.6 is 22.9 Å². The Labute approximate surface area is 243 Å². The monoisotopic (exact) mass is 584 g/mol. The van der Waals surface area contributed by atoms with Crippen molar-refractivity contribution in [3.05, 3.63) is 71.6 Å². The molecule has 0 aliphatic rings. The SMILES string of the molecule is COc1cc(-c2nsc(Nc3ccc(-c4noc(-c5nc(-c6ccc(C)cc6)cs5)n4)cc3)n2)cc(OC)c1OC. The van der Waals surface area contributed by atoms with Gasteiger partial charge in [-0.15, -0.1) is 11.3 Å². The molecule has 0 amide bonds. The Morgan fingerprint density at radius 1 is 0.756 bits per heavy atom. The van der Waals surface area contributed by atoms with Crippen LogP contribution in [0, 0.1) is 6.92 Å². The van der Waals surface area contributed by atoms with E-state index in [-0.39, 0.29) is 0 Å². The number of rotatable bonds is 9. The van der Waals surface area contributed by atoms with Gasteiger partial charge in [-0.3, -0.25) is 0 Å². The van der Waals surface area contributed by atoms with Gasteiger partial charge in [0, 0.05) is 39.3 Å². The van der Waals surface area contributed by atoms with Crippen LogP contribution in [0.1, 0.15) is 5.56 Å². The van der Waals surface area contributed by atoms with Crippen molar-refractivity contribution in [1.82, 2.24) is 24.5 Å². The van der Waals surface area contributed by atoms with Gasteiger partial charge in [-0.1, -0.05) is 35.0 Å². The summed E-state index contributed by atoms with van der Waals surface area (Å²) in [6.45, 7) is 2.06. The van der Waals surface area contributed by atoms with Crippen LogP contribution in [0.4, 0.5) is 10.8 Å². The van der Waals surface area contributed by atoms with Crippen molar-refractivity contribution in [2.24, 2.45) is 0 Å². The lowest BCUT2D eigenvalue weighted by atomic mass is 10.1. The Kier molecular flexibility index (Phi) is 7.32. The van der Waals surface area contributed by atoms with Gasteiger partial charge in [0.2, 0.25) is 16.7 Å². The van der Waals surface area contributed by atoms with E-state index in [1.54, 1.807) is 21.3 Å². The number of benzene rings is 3. The van der Waals surface area contributed by atoms with E-state index in [1.165, 1.54) is 28.4 Å². The predicted molar refractivity (Wildman–Crippen MR) is 159 cm³/mol. The van der Waals surface area contributed by atoms with Crippen molar-refractivity contribution in [3.63, 3.8) is 0 Å². The first-order valence-corrected chi connectivity index (χ1v) is 14.1. The summed E-state index contributed by atoms with van der Waals surface area (Å²) < 4.78 is 26.3. The molecule has 0 aliphatic heterocycles. The number of aromatic nitrogens is 5. The second kappa shape index (κ2) is 11.4. The van der Waals surface area contributed by atoms with E-state index in [0.717, 1.165) is 28.1 Å². The summed E-state index contributed by atoms with van der Waals surface area (Å²) >= 11 is 2.72. The minimum absolute atomic E-state index is 0.388. The topological polar surface area (TPSA) is 117 Å². The largest absolute Gasteiger partial charge is 0.493 e. The number of hydrogen-bond acceptors (Lipinski definition) is 12. The van der Waals surface area contributed by atoms with E-state index in [2.05, 4.69) is 61.0 Å². The van der Waals surface area contributed by atoms with E-state index in [4.69, 9.17) is 18.7 Å². The highest BCUT2D eigenvalue weighted by atomic mass is 32.1. The van der Waals surface area contributed by atoms with E-state index < -0.39 is 0 Å². The summed E-state index contributed by atoms with van der Waals surface area (Å²) in [6.07, 6.45) is 0. The number of ether oxygens (including phenoxy) is 3. The van der Waals surface area contributed by atoms with Gasteiger partial charge in [-0.25, -0.2) is 4.98 Å². The van der Waals surface area contributed by atoms with Gasteiger partial charge in [-0.2, -0.15) is 14.3 Å². The number of methoxy groups -OCH3 is 3. The first-order chi connectivity index (χ1) is 20.0. The maximum atomic E-state index is 5.52. The zero-order chi connectivity index (χ0) is 28.3. The normalized spacial score (nSPS) is 10.9. The van der Waals surface area contributed by atoms with Crippen molar-refractivity contribution in [2.75, 3.05) is 26.6 Å². The Morgan fingerprint density at radius 3 is 2.15 bits per heavy atom. The fourth-order valence-electron chi connectivity index (χ4n) is 4.08.